The predicted molar refractivity (Wildman–Crippen MR) is 73.6 cm³/mol. The highest BCUT2D eigenvalue weighted by molar-refractivity contribution is 5.77. The number of rotatable bonds is 7. The number of likely N-dealkylation sites (tertiary alicyclic amines) is 1. The Labute approximate surface area is 111 Å². The molecule has 0 aromatic heterocycles. The van der Waals surface area contributed by atoms with Crippen LogP contribution >= 0.6 is 0 Å². The summed E-state index contributed by atoms with van der Waals surface area (Å²) in [7, 11) is 0. The van der Waals surface area contributed by atoms with Crippen molar-refractivity contribution in [2.24, 2.45) is 0 Å². The molecule has 0 bridgehead atoms. The second kappa shape index (κ2) is 8.48. The van der Waals surface area contributed by atoms with Gasteiger partial charge in [0.1, 0.15) is 6.61 Å². The quantitative estimate of drug-likeness (QED) is 0.706. The highest BCUT2D eigenvalue weighted by Crippen LogP contribution is 2.15. The van der Waals surface area contributed by atoms with Crippen molar-refractivity contribution in [1.29, 1.82) is 0 Å². The summed E-state index contributed by atoms with van der Waals surface area (Å²) in [6.07, 6.45) is 4.60. The van der Waals surface area contributed by atoms with Crippen LogP contribution in [-0.4, -0.2) is 49.2 Å². The SMILES string of the molecule is CCCCNC(=O)COC1CCCN(C(C)C)C1. The molecule has 18 heavy (non-hydrogen) atoms. The van der Waals surface area contributed by atoms with Crippen LogP contribution in [0, 0.1) is 0 Å². The van der Waals surface area contributed by atoms with Crippen LogP contribution < -0.4 is 5.32 Å². The van der Waals surface area contributed by atoms with E-state index >= 15 is 0 Å². The number of nitrogens with zero attached hydrogens (tertiary/aromatic N) is 1. The first-order valence-corrected chi connectivity index (χ1v) is 7.25. The normalized spacial score (nSPS) is 21.2. The molecule has 1 N–H and O–H groups in total. The lowest BCUT2D eigenvalue weighted by atomic mass is 10.1. The molecule has 1 unspecified atom stereocenters. The van der Waals surface area contributed by atoms with Crippen LogP contribution in [0.2, 0.25) is 0 Å². The van der Waals surface area contributed by atoms with Gasteiger partial charge in [-0.3, -0.25) is 9.69 Å². The molecule has 0 aromatic rings. The summed E-state index contributed by atoms with van der Waals surface area (Å²) in [6, 6.07) is 0.565. The topological polar surface area (TPSA) is 41.6 Å². The number of hydrogen-bond donors (Lipinski definition) is 1. The second-order valence-electron chi connectivity index (χ2n) is 5.37. The standard InChI is InChI=1S/C14H28N2O2/c1-4-5-8-15-14(17)11-18-13-7-6-9-16(10-13)12(2)3/h12-13H,4-11H2,1-3H3,(H,15,17). The Balaban J connectivity index is 2.16. The van der Waals surface area contributed by atoms with Gasteiger partial charge in [0.25, 0.3) is 0 Å². The van der Waals surface area contributed by atoms with Gasteiger partial charge in [0.05, 0.1) is 6.10 Å². The van der Waals surface area contributed by atoms with Gasteiger partial charge in [-0.25, -0.2) is 0 Å². The van der Waals surface area contributed by atoms with Crippen LogP contribution in [0.4, 0.5) is 0 Å². The minimum atomic E-state index is 0.0186. The van der Waals surface area contributed by atoms with E-state index in [9.17, 15) is 4.79 Å². The van der Waals surface area contributed by atoms with Gasteiger partial charge in [-0.05, 0) is 39.7 Å². The molecule has 1 atom stereocenters. The average molecular weight is 256 g/mol. The first kappa shape index (κ1) is 15.4. The molecule has 1 fully saturated rings. The number of ether oxygens (including phenoxy) is 1. The third kappa shape index (κ3) is 5.83. The fraction of sp³-hybridized carbons (Fsp3) is 0.929. The first-order chi connectivity index (χ1) is 8.63. The fourth-order valence-corrected chi connectivity index (χ4v) is 2.22. The van der Waals surface area contributed by atoms with Gasteiger partial charge in [-0.15, -0.1) is 0 Å². The van der Waals surface area contributed by atoms with E-state index in [1.165, 1.54) is 6.42 Å². The Morgan fingerprint density at radius 3 is 2.94 bits per heavy atom. The summed E-state index contributed by atoms with van der Waals surface area (Å²) < 4.78 is 5.70. The Hall–Kier alpha value is -0.610. The van der Waals surface area contributed by atoms with E-state index in [0.717, 1.165) is 38.9 Å². The predicted octanol–water partition coefficient (Wildman–Crippen LogP) is 1.79. The summed E-state index contributed by atoms with van der Waals surface area (Å²) in [5.41, 5.74) is 0. The number of carbonyl (C=O) groups excluding carboxylic acids is 1. The minimum absolute atomic E-state index is 0.0186. The first-order valence-electron chi connectivity index (χ1n) is 7.25. The molecule has 4 heteroatoms. The lowest BCUT2D eigenvalue weighted by molar-refractivity contribution is -0.129. The molecule has 0 aromatic carbocycles. The molecule has 1 amide bonds. The summed E-state index contributed by atoms with van der Waals surface area (Å²) >= 11 is 0. The van der Waals surface area contributed by atoms with Crippen molar-refractivity contribution < 1.29 is 9.53 Å². The maximum atomic E-state index is 11.5. The molecule has 0 saturated carbocycles. The lowest BCUT2D eigenvalue weighted by Gasteiger charge is -2.35. The Bertz CT molecular complexity index is 244. The summed E-state index contributed by atoms with van der Waals surface area (Å²) in [6.45, 7) is 9.62. The maximum absolute atomic E-state index is 11.5. The van der Waals surface area contributed by atoms with Crippen LogP contribution in [0.3, 0.4) is 0 Å². The van der Waals surface area contributed by atoms with Gasteiger partial charge in [0.2, 0.25) is 5.91 Å². The molecule has 0 radical (unpaired) electrons. The largest absolute Gasteiger partial charge is 0.367 e. The number of carbonyl (C=O) groups is 1. The van der Waals surface area contributed by atoms with E-state index in [2.05, 4.69) is 31.0 Å². The molecule has 1 saturated heterocycles. The number of nitrogens with one attached hydrogen (secondary N) is 1. The zero-order chi connectivity index (χ0) is 13.4. The van der Waals surface area contributed by atoms with Gasteiger partial charge < -0.3 is 10.1 Å². The van der Waals surface area contributed by atoms with Crippen LogP contribution in [-0.2, 0) is 9.53 Å². The molecule has 1 rings (SSSR count). The van der Waals surface area contributed by atoms with E-state index < -0.39 is 0 Å². The van der Waals surface area contributed by atoms with Gasteiger partial charge >= 0.3 is 0 Å². The molecular formula is C14H28N2O2. The van der Waals surface area contributed by atoms with Crippen LogP contribution in [0.25, 0.3) is 0 Å². The van der Waals surface area contributed by atoms with Gasteiger partial charge in [0, 0.05) is 19.1 Å². The van der Waals surface area contributed by atoms with Crippen molar-refractivity contribution in [3.05, 3.63) is 0 Å². The highest BCUT2D eigenvalue weighted by Gasteiger charge is 2.22. The van der Waals surface area contributed by atoms with Crippen molar-refractivity contribution in [1.82, 2.24) is 10.2 Å². The maximum Gasteiger partial charge on any atom is 0.246 e. The molecule has 106 valence electrons. The number of unbranched alkanes of at least 4 members (excludes halogenated alkanes) is 1. The lowest BCUT2D eigenvalue weighted by Crippen LogP contribution is -2.44. The van der Waals surface area contributed by atoms with E-state index in [1.54, 1.807) is 0 Å². The van der Waals surface area contributed by atoms with E-state index in [-0.39, 0.29) is 18.6 Å². The number of piperidine rings is 1. The van der Waals surface area contributed by atoms with Crippen molar-refractivity contribution in [3.8, 4) is 0 Å². The Morgan fingerprint density at radius 1 is 1.50 bits per heavy atom. The number of amides is 1. The van der Waals surface area contributed by atoms with Gasteiger partial charge in [-0.1, -0.05) is 13.3 Å². The zero-order valence-electron chi connectivity index (χ0n) is 12.1. The molecule has 0 aliphatic carbocycles. The van der Waals surface area contributed by atoms with E-state index in [1.807, 2.05) is 0 Å². The Kier molecular flexibility index (Phi) is 7.28. The second-order valence-corrected chi connectivity index (χ2v) is 5.37. The summed E-state index contributed by atoms with van der Waals surface area (Å²) in [5, 5.41) is 2.88. The summed E-state index contributed by atoms with van der Waals surface area (Å²) in [4.78, 5) is 13.9. The van der Waals surface area contributed by atoms with E-state index in [0.29, 0.717) is 6.04 Å². The van der Waals surface area contributed by atoms with Crippen LogP contribution in [0.5, 0.6) is 0 Å². The van der Waals surface area contributed by atoms with E-state index in [4.69, 9.17) is 4.74 Å². The van der Waals surface area contributed by atoms with Gasteiger partial charge in [0.15, 0.2) is 0 Å². The molecular weight excluding hydrogens is 228 g/mol. The van der Waals surface area contributed by atoms with Crippen molar-refractivity contribution in [2.45, 2.75) is 58.6 Å². The van der Waals surface area contributed by atoms with Crippen molar-refractivity contribution in [2.75, 3.05) is 26.2 Å². The average Bonchev–Trinajstić information content (AvgIpc) is 2.37. The smallest absolute Gasteiger partial charge is 0.246 e. The molecule has 1 aliphatic rings. The minimum Gasteiger partial charge on any atom is -0.367 e. The third-order valence-electron chi connectivity index (χ3n) is 3.44. The van der Waals surface area contributed by atoms with Crippen LogP contribution in [0.15, 0.2) is 0 Å². The molecule has 1 aliphatic heterocycles. The monoisotopic (exact) mass is 256 g/mol. The number of hydrogen-bond acceptors (Lipinski definition) is 3. The molecule has 1 heterocycles. The highest BCUT2D eigenvalue weighted by atomic mass is 16.5. The molecule has 4 nitrogen and oxygen atoms in total. The van der Waals surface area contributed by atoms with Crippen molar-refractivity contribution >= 4 is 5.91 Å². The van der Waals surface area contributed by atoms with Crippen molar-refractivity contribution in [3.63, 3.8) is 0 Å². The Morgan fingerprint density at radius 2 is 2.28 bits per heavy atom. The fourth-order valence-electron chi connectivity index (χ4n) is 2.22. The summed E-state index contributed by atoms with van der Waals surface area (Å²) in [5.74, 6) is 0.0186. The zero-order valence-corrected chi connectivity index (χ0v) is 12.1. The van der Waals surface area contributed by atoms with Crippen LogP contribution in [0.1, 0.15) is 46.5 Å². The third-order valence-corrected chi connectivity index (χ3v) is 3.44. The molecule has 0 spiro atoms. The van der Waals surface area contributed by atoms with Gasteiger partial charge in [-0.2, -0.15) is 0 Å².